The highest BCUT2D eigenvalue weighted by atomic mass is 79.9. The van der Waals surface area contributed by atoms with Crippen molar-refractivity contribution in [3.63, 3.8) is 0 Å². The highest BCUT2D eigenvalue weighted by molar-refractivity contribution is 9.10. The number of ether oxygens (including phenoxy) is 2. The fourth-order valence-corrected chi connectivity index (χ4v) is 1.58. The van der Waals surface area contributed by atoms with Gasteiger partial charge in [0.05, 0.1) is 6.61 Å². The molecule has 0 heterocycles. The van der Waals surface area contributed by atoms with E-state index >= 15 is 0 Å². The third-order valence-corrected chi connectivity index (χ3v) is 3.39. The molecule has 1 aromatic carbocycles. The normalized spacial score (nSPS) is 14.0. The van der Waals surface area contributed by atoms with Crippen LogP contribution in [0.1, 0.15) is 26.3 Å². The number of hydrogen-bond acceptors (Lipinski definition) is 5. The lowest BCUT2D eigenvalue weighted by molar-refractivity contribution is -0.167. The number of hydrogen-bond donors (Lipinski definition) is 1. The molecule has 0 saturated heterocycles. The minimum atomic E-state index is -1.29. The van der Waals surface area contributed by atoms with Crippen LogP contribution in [0.5, 0.6) is 0 Å². The number of alkyl halides is 1. The van der Waals surface area contributed by atoms with Gasteiger partial charge in [-0.05, 0) is 26.3 Å². The molecular formula is C16H21BrO5. The number of aliphatic hydroxyl groups is 1. The van der Waals surface area contributed by atoms with E-state index < -0.39 is 28.3 Å². The second-order valence-corrected chi connectivity index (χ2v) is 7.81. The van der Waals surface area contributed by atoms with Crippen LogP contribution in [-0.4, -0.2) is 34.6 Å². The number of carbonyl (C=O) groups is 2. The molecule has 6 heteroatoms. The van der Waals surface area contributed by atoms with Gasteiger partial charge in [0, 0.05) is 0 Å². The van der Waals surface area contributed by atoms with E-state index in [2.05, 4.69) is 15.9 Å². The zero-order valence-electron chi connectivity index (χ0n) is 13.0. The van der Waals surface area contributed by atoms with Crippen LogP contribution in [0.3, 0.4) is 0 Å². The van der Waals surface area contributed by atoms with Gasteiger partial charge in [-0.3, -0.25) is 9.59 Å². The van der Waals surface area contributed by atoms with E-state index in [1.54, 1.807) is 13.8 Å². The van der Waals surface area contributed by atoms with E-state index in [1.807, 2.05) is 30.3 Å². The van der Waals surface area contributed by atoms with Crippen LogP contribution in [0.15, 0.2) is 30.3 Å². The van der Waals surface area contributed by atoms with Crippen LogP contribution in [-0.2, 0) is 25.7 Å². The van der Waals surface area contributed by atoms with Crippen LogP contribution in [0.25, 0.3) is 0 Å². The van der Waals surface area contributed by atoms with Crippen LogP contribution in [0.4, 0.5) is 0 Å². The Balaban J connectivity index is 2.60. The van der Waals surface area contributed by atoms with Crippen LogP contribution < -0.4 is 0 Å². The maximum absolute atomic E-state index is 12.1. The topological polar surface area (TPSA) is 72.8 Å². The second-order valence-electron chi connectivity index (χ2n) is 5.83. The van der Waals surface area contributed by atoms with Crippen molar-refractivity contribution in [3.05, 3.63) is 35.9 Å². The van der Waals surface area contributed by atoms with Crippen molar-refractivity contribution in [1.82, 2.24) is 0 Å². The molecule has 0 spiro atoms. The maximum Gasteiger partial charge on any atom is 0.322 e. The molecule has 1 unspecified atom stereocenters. The van der Waals surface area contributed by atoms with Crippen molar-refractivity contribution in [3.8, 4) is 0 Å². The van der Waals surface area contributed by atoms with Crippen molar-refractivity contribution in [2.24, 2.45) is 5.41 Å². The van der Waals surface area contributed by atoms with Gasteiger partial charge in [0.25, 0.3) is 0 Å². The average Bonchev–Trinajstić information content (AvgIpc) is 2.49. The minimum absolute atomic E-state index is 0.104. The first-order valence-electron chi connectivity index (χ1n) is 6.87. The molecule has 0 amide bonds. The van der Waals surface area contributed by atoms with Crippen molar-refractivity contribution >= 4 is 27.9 Å². The molecule has 0 bridgehead atoms. The molecule has 5 nitrogen and oxygen atoms in total. The molecule has 1 atom stereocenters. The second kappa shape index (κ2) is 7.74. The summed E-state index contributed by atoms with van der Waals surface area (Å²) in [5, 5.41) is 9.46. The van der Waals surface area contributed by atoms with Gasteiger partial charge in [-0.2, -0.15) is 0 Å². The largest absolute Gasteiger partial charge is 0.463 e. The number of esters is 2. The number of rotatable bonds is 7. The lowest BCUT2D eigenvalue weighted by atomic mass is 9.93. The first-order valence-corrected chi connectivity index (χ1v) is 7.66. The predicted octanol–water partition coefficient (Wildman–Crippen LogP) is 2.45. The summed E-state index contributed by atoms with van der Waals surface area (Å²) < 4.78 is 9.44. The summed E-state index contributed by atoms with van der Waals surface area (Å²) in [4.78, 5) is 23.9. The fourth-order valence-electron chi connectivity index (χ4n) is 1.46. The number of benzene rings is 1. The molecule has 1 aromatic rings. The van der Waals surface area contributed by atoms with Crippen LogP contribution >= 0.6 is 15.9 Å². The minimum Gasteiger partial charge on any atom is -0.463 e. The Hall–Kier alpha value is -1.40. The van der Waals surface area contributed by atoms with Gasteiger partial charge in [0.15, 0.2) is 0 Å². The molecule has 0 aromatic heterocycles. The summed E-state index contributed by atoms with van der Waals surface area (Å²) in [6.45, 7) is 4.16. The fraction of sp³-hybridized carbons (Fsp3) is 0.500. The predicted molar refractivity (Wildman–Crippen MR) is 85.4 cm³/mol. The van der Waals surface area contributed by atoms with Crippen molar-refractivity contribution in [1.29, 1.82) is 0 Å². The van der Waals surface area contributed by atoms with Gasteiger partial charge in [0.1, 0.15) is 23.0 Å². The third-order valence-electron chi connectivity index (χ3n) is 3.06. The van der Waals surface area contributed by atoms with Gasteiger partial charge >= 0.3 is 11.9 Å². The van der Waals surface area contributed by atoms with E-state index in [-0.39, 0.29) is 13.2 Å². The van der Waals surface area contributed by atoms with E-state index in [9.17, 15) is 14.7 Å². The Labute approximate surface area is 138 Å². The van der Waals surface area contributed by atoms with Crippen molar-refractivity contribution in [2.45, 2.75) is 31.7 Å². The quantitative estimate of drug-likeness (QED) is 0.587. The third kappa shape index (κ3) is 5.42. The summed E-state index contributed by atoms with van der Waals surface area (Å²) >= 11 is 3.18. The first kappa shape index (κ1) is 18.6. The Morgan fingerprint density at radius 1 is 1.09 bits per heavy atom. The highest BCUT2D eigenvalue weighted by Gasteiger charge is 2.38. The standard InChI is InChI=1S/C16H21BrO5/c1-15(2,17)13(19)22-11-16(3,10-18)14(20)21-9-12-7-5-4-6-8-12/h4-8,18H,9-11H2,1-3H3. The van der Waals surface area contributed by atoms with Gasteiger partial charge < -0.3 is 14.6 Å². The van der Waals surface area contributed by atoms with Crippen molar-refractivity contribution in [2.75, 3.05) is 13.2 Å². The number of aliphatic hydroxyl groups excluding tert-OH is 1. The number of halogens is 1. The molecular weight excluding hydrogens is 352 g/mol. The Bertz CT molecular complexity index is 509. The maximum atomic E-state index is 12.1. The molecule has 1 rings (SSSR count). The van der Waals surface area contributed by atoms with E-state index in [0.29, 0.717) is 0 Å². The van der Waals surface area contributed by atoms with Crippen molar-refractivity contribution < 1.29 is 24.2 Å². The molecule has 1 N–H and O–H groups in total. The highest BCUT2D eigenvalue weighted by Crippen LogP contribution is 2.23. The van der Waals surface area contributed by atoms with Crippen LogP contribution in [0.2, 0.25) is 0 Å². The average molecular weight is 373 g/mol. The molecule has 0 aliphatic carbocycles. The number of carbonyl (C=O) groups excluding carboxylic acids is 2. The van der Waals surface area contributed by atoms with Gasteiger partial charge in [0.2, 0.25) is 0 Å². The van der Waals surface area contributed by atoms with E-state index in [4.69, 9.17) is 9.47 Å². The van der Waals surface area contributed by atoms with Gasteiger partial charge in [-0.1, -0.05) is 46.3 Å². The molecule has 122 valence electrons. The summed E-state index contributed by atoms with van der Waals surface area (Å²) in [5.74, 6) is -1.12. The Morgan fingerprint density at radius 3 is 2.18 bits per heavy atom. The zero-order valence-corrected chi connectivity index (χ0v) is 14.6. The summed E-state index contributed by atoms with van der Waals surface area (Å²) in [5.41, 5.74) is -0.447. The smallest absolute Gasteiger partial charge is 0.322 e. The molecule has 0 fully saturated rings. The molecule has 0 saturated carbocycles. The lowest BCUT2D eigenvalue weighted by Gasteiger charge is -2.26. The summed E-state index contributed by atoms with van der Waals surface area (Å²) in [6, 6.07) is 9.21. The van der Waals surface area contributed by atoms with Crippen LogP contribution in [0, 0.1) is 5.41 Å². The van der Waals surface area contributed by atoms with E-state index in [0.717, 1.165) is 5.56 Å². The molecule has 0 radical (unpaired) electrons. The molecule has 0 aliphatic rings. The zero-order chi connectivity index (χ0) is 16.8. The Morgan fingerprint density at radius 2 is 1.68 bits per heavy atom. The summed E-state index contributed by atoms with van der Waals surface area (Å²) in [6.07, 6.45) is 0. The summed E-state index contributed by atoms with van der Waals surface area (Å²) in [7, 11) is 0. The van der Waals surface area contributed by atoms with Gasteiger partial charge in [-0.25, -0.2) is 0 Å². The Kier molecular flexibility index (Phi) is 6.56. The molecule has 22 heavy (non-hydrogen) atoms. The van der Waals surface area contributed by atoms with Gasteiger partial charge in [-0.15, -0.1) is 0 Å². The first-order chi connectivity index (χ1) is 10.2. The van der Waals surface area contributed by atoms with E-state index in [1.165, 1.54) is 6.92 Å². The monoisotopic (exact) mass is 372 g/mol. The SMILES string of the molecule is CC(C)(Br)C(=O)OCC(C)(CO)C(=O)OCc1ccccc1. The molecule has 0 aliphatic heterocycles. The lowest BCUT2D eigenvalue weighted by Crippen LogP contribution is -2.40.